The molecule has 5 nitrogen and oxygen atoms in total. The first kappa shape index (κ1) is 11.2. The molecular formula is C13H15N3O2. The van der Waals surface area contributed by atoms with E-state index in [1.54, 1.807) is 24.4 Å². The number of aromatic nitrogens is 1. The molecular weight excluding hydrogens is 230 g/mol. The van der Waals surface area contributed by atoms with E-state index in [2.05, 4.69) is 15.8 Å². The summed E-state index contributed by atoms with van der Waals surface area (Å²) >= 11 is 0. The molecule has 3 atom stereocenters. The Morgan fingerprint density at radius 2 is 1.89 bits per heavy atom. The highest BCUT2D eigenvalue weighted by Gasteiger charge is 2.48. The number of nitrogens with one attached hydrogen (secondary N) is 2. The van der Waals surface area contributed by atoms with Crippen molar-refractivity contribution in [3.05, 3.63) is 30.1 Å². The lowest BCUT2D eigenvalue weighted by Crippen LogP contribution is -2.44. The Morgan fingerprint density at radius 3 is 2.56 bits per heavy atom. The predicted octanol–water partition coefficient (Wildman–Crippen LogP) is 0.889. The van der Waals surface area contributed by atoms with Crippen LogP contribution in [0.4, 0.5) is 0 Å². The van der Waals surface area contributed by atoms with Crippen LogP contribution in [0.2, 0.25) is 0 Å². The van der Waals surface area contributed by atoms with Crippen LogP contribution in [0.25, 0.3) is 0 Å². The summed E-state index contributed by atoms with van der Waals surface area (Å²) in [6.45, 7) is 0. The maximum Gasteiger partial charge on any atom is 0.288 e. The molecule has 0 saturated heterocycles. The zero-order chi connectivity index (χ0) is 12.5. The van der Waals surface area contributed by atoms with Crippen LogP contribution in [-0.2, 0) is 4.79 Å². The quantitative estimate of drug-likeness (QED) is 0.760. The highest BCUT2D eigenvalue weighted by molar-refractivity contribution is 5.93. The van der Waals surface area contributed by atoms with E-state index in [0.29, 0.717) is 5.69 Å². The van der Waals surface area contributed by atoms with Crippen LogP contribution in [0, 0.1) is 17.8 Å². The number of hydrazine groups is 1. The number of nitrogens with zero attached hydrogens (tertiary/aromatic N) is 1. The molecule has 18 heavy (non-hydrogen) atoms. The highest BCUT2D eigenvalue weighted by atomic mass is 16.2. The van der Waals surface area contributed by atoms with E-state index in [1.165, 1.54) is 6.42 Å². The fourth-order valence-corrected chi connectivity index (χ4v) is 2.71. The van der Waals surface area contributed by atoms with Gasteiger partial charge in [0.15, 0.2) is 0 Å². The van der Waals surface area contributed by atoms with E-state index < -0.39 is 0 Å². The maximum atomic E-state index is 11.8. The molecule has 1 heterocycles. The molecule has 3 rings (SSSR count). The molecule has 1 aromatic heterocycles. The van der Waals surface area contributed by atoms with Crippen molar-refractivity contribution in [1.82, 2.24) is 15.8 Å². The summed E-state index contributed by atoms with van der Waals surface area (Å²) in [5.41, 5.74) is 5.19. The minimum Gasteiger partial charge on any atom is -0.273 e. The molecule has 2 amide bonds. The van der Waals surface area contributed by atoms with Crippen molar-refractivity contribution in [2.75, 3.05) is 0 Å². The normalized spacial score (nSPS) is 28.3. The summed E-state index contributed by atoms with van der Waals surface area (Å²) in [7, 11) is 0. The molecule has 0 aliphatic heterocycles. The van der Waals surface area contributed by atoms with Gasteiger partial charge in [0.25, 0.3) is 5.91 Å². The minimum atomic E-state index is -0.382. The van der Waals surface area contributed by atoms with Gasteiger partial charge in [-0.1, -0.05) is 6.07 Å². The molecule has 2 aliphatic carbocycles. The Labute approximate surface area is 105 Å². The van der Waals surface area contributed by atoms with Crippen molar-refractivity contribution in [3.63, 3.8) is 0 Å². The molecule has 1 aromatic rings. The second kappa shape index (κ2) is 4.40. The Bertz CT molecular complexity index is 464. The smallest absolute Gasteiger partial charge is 0.273 e. The SMILES string of the molecule is O=C(NNC(=O)C1C[C@@H]2C[C@@H]2C1)c1ccccn1. The summed E-state index contributed by atoms with van der Waals surface area (Å²) in [5.74, 6) is 1.12. The molecule has 94 valence electrons. The molecule has 0 radical (unpaired) electrons. The van der Waals surface area contributed by atoms with Gasteiger partial charge >= 0.3 is 0 Å². The topological polar surface area (TPSA) is 71.1 Å². The average Bonchev–Trinajstić information content (AvgIpc) is 3.03. The molecule has 0 bridgehead atoms. The lowest BCUT2D eigenvalue weighted by Gasteiger charge is -2.12. The largest absolute Gasteiger partial charge is 0.288 e. The number of pyridine rings is 1. The second-order valence-electron chi connectivity index (χ2n) is 5.08. The fraction of sp³-hybridized carbons (Fsp3) is 0.462. The lowest BCUT2D eigenvalue weighted by molar-refractivity contribution is -0.125. The number of hydrogen-bond acceptors (Lipinski definition) is 3. The van der Waals surface area contributed by atoms with Gasteiger partial charge in [-0.2, -0.15) is 0 Å². The third kappa shape index (κ3) is 2.20. The first-order valence-corrected chi connectivity index (χ1v) is 6.25. The van der Waals surface area contributed by atoms with Crippen LogP contribution in [0.15, 0.2) is 24.4 Å². The average molecular weight is 245 g/mol. The zero-order valence-electron chi connectivity index (χ0n) is 9.93. The van der Waals surface area contributed by atoms with Crippen molar-refractivity contribution in [1.29, 1.82) is 0 Å². The molecule has 5 heteroatoms. The van der Waals surface area contributed by atoms with Crippen LogP contribution < -0.4 is 10.9 Å². The monoisotopic (exact) mass is 245 g/mol. The fourth-order valence-electron chi connectivity index (χ4n) is 2.71. The van der Waals surface area contributed by atoms with Crippen LogP contribution in [0.3, 0.4) is 0 Å². The van der Waals surface area contributed by atoms with Gasteiger partial charge in [0.2, 0.25) is 5.91 Å². The molecule has 0 aromatic carbocycles. The van der Waals surface area contributed by atoms with Gasteiger partial charge in [0.1, 0.15) is 5.69 Å². The Kier molecular flexibility index (Phi) is 2.74. The highest BCUT2D eigenvalue weighted by Crippen LogP contribution is 2.54. The minimum absolute atomic E-state index is 0.0674. The molecule has 2 N–H and O–H groups in total. The third-order valence-corrected chi connectivity index (χ3v) is 3.81. The van der Waals surface area contributed by atoms with Crippen molar-refractivity contribution in [2.24, 2.45) is 17.8 Å². The van der Waals surface area contributed by atoms with Crippen LogP contribution >= 0.6 is 0 Å². The Morgan fingerprint density at radius 1 is 1.11 bits per heavy atom. The van der Waals surface area contributed by atoms with Gasteiger partial charge < -0.3 is 0 Å². The Balaban J connectivity index is 1.49. The maximum absolute atomic E-state index is 11.8. The lowest BCUT2D eigenvalue weighted by atomic mass is 10.0. The van der Waals surface area contributed by atoms with E-state index in [0.717, 1.165) is 24.7 Å². The van der Waals surface area contributed by atoms with Gasteiger partial charge in [-0.25, -0.2) is 0 Å². The molecule has 2 aliphatic rings. The van der Waals surface area contributed by atoms with Gasteiger partial charge in [-0.3, -0.25) is 25.4 Å². The summed E-state index contributed by atoms with van der Waals surface area (Å²) in [4.78, 5) is 27.4. The van der Waals surface area contributed by atoms with E-state index >= 15 is 0 Å². The van der Waals surface area contributed by atoms with E-state index in [1.807, 2.05) is 0 Å². The van der Waals surface area contributed by atoms with Gasteiger partial charge in [-0.05, 0) is 43.2 Å². The predicted molar refractivity (Wildman–Crippen MR) is 64.2 cm³/mol. The standard InChI is InChI=1S/C13H15N3O2/c17-12(10-6-8-5-9(8)7-10)15-16-13(18)11-3-1-2-4-14-11/h1-4,8-10H,5-7H2,(H,15,17)(H,16,18)/t8-,9+,10?. The number of carbonyl (C=O) groups is 2. The first-order chi connectivity index (χ1) is 8.74. The summed E-state index contributed by atoms with van der Waals surface area (Å²) in [6, 6.07) is 5.07. The summed E-state index contributed by atoms with van der Waals surface area (Å²) in [6.07, 6.45) is 4.76. The van der Waals surface area contributed by atoms with E-state index in [4.69, 9.17) is 0 Å². The van der Waals surface area contributed by atoms with Gasteiger partial charge in [-0.15, -0.1) is 0 Å². The zero-order valence-corrected chi connectivity index (χ0v) is 9.93. The van der Waals surface area contributed by atoms with Gasteiger partial charge in [0.05, 0.1) is 0 Å². The number of amides is 2. The third-order valence-electron chi connectivity index (χ3n) is 3.81. The van der Waals surface area contributed by atoms with Crippen LogP contribution in [0.1, 0.15) is 29.8 Å². The van der Waals surface area contributed by atoms with Crippen molar-refractivity contribution in [3.8, 4) is 0 Å². The first-order valence-electron chi connectivity index (χ1n) is 6.25. The van der Waals surface area contributed by atoms with Crippen LogP contribution in [0.5, 0.6) is 0 Å². The van der Waals surface area contributed by atoms with Crippen molar-refractivity contribution in [2.45, 2.75) is 19.3 Å². The number of fused-ring (bicyclic) bond motifs is 1. The van der Waals surface area contributed by atoms with Gasteiger partial charge in [0, 0.05) is 12.1 Å². The summed E-state index contributed by atoms with van der Waals surface area (Å²) < 4.78 is 0. The summed E-state index contributed by atoms with van der Waals surface area (Å²) in [5, 5.41) is 0. The molecule has 2 fully saturated rings. The number of hydrogen-bond donors (Lipinski definition) is 2. The number of rotatable bonds is 2. The van der Waals surface area contributed by atoms with Crippen molar-refractivity contribution >= 4 is 11.8 Å². The molecule has 0 spiro atoms. The second-order valence-corrected chi connectivity index (χ2v) is 5.08. The molecule has 1 unspecified atom stereocenters. The Hall–Kier alpha value is -1.91. The number of carbonyl (C=O) groups excluding carboxylic acids is 2. The molecule has 2 saturated carbocycles. The van der Waals surface area contributed by atoms with Crippen molar-refractivity contribution < 1.29 is 9.59 Å². The van der Waals surface area contributed by atoms with Crippen LogP contribution in [-0.4, -0.2) is 16.8 Å². The van der Waals surface area contributed by atoms with E-state index in [-0.39, 0.29) is 17.7 Å². The van der Waals surface area contributed by atoms with E-state index in [9.17, 15) is 9.59 Å².